The van der Waals surface area contributed by atoms with Crippen LogP contribution in [0.5, 0.6) is 0 Å². The Morgan fingerprint density at radius 1 is 1.71 bits per heavy atom. The molecule has 0 saturated heterocycles. The molecule has 14 heavy (non-hydrogen) atoms. The fourth-order valence-electron chi connectivity index (χ4n) is 1.02. The molecule has 0 radical (unpaired) electrons. The Morgan fingerprint density at radius 2 is 2.36 bits per heavy atom. The SMILES string of the molecule is CC(=O)OCC1=CCC(S(C)(=O)=O)O1. The van der Waals surface area contributed by atoms with Crippen molar-refractivity contribution in [2.45, 2.75) is 18.8 Å². The molecule has 0 aromatic carbocycles. The van der Waals surface area contributed by atoms with E-state index in [4.69, 9.17) is 4.74 Å². The maximum Gasteiger partial charge on any atom is 0.303 e. The van der Waals surface area contributed by atoms with E-state index in [-0.39, 0.29) is 6.61 Å². The second-order valence-corrected chi connectivity index (χ2v) is 5.25. The van der Waals surface area contributed by atoms with Gasteiger partial charge in [0.05, 0.1) is 0 Å². The summed E-state index contributed by atoms with van der Waals surface area (Å²) in [4.78, 5) is 10.5. The van der Waals surface area contributed by atoms with Gasteiger partial charge in [0.1, 0.15) is 12.4 Å². The summed E-state index contributed by atoms with van der Waals surface area (Å²) >= 11 is 0. The largest absolute Gasteiger partial charge is 0.475 e. The minimum absolute atomic E-state index is 0.00134. The van der Waals surface area contributed by atoms with Crippen molar-refractivity contribution in [3.63, 3.8) is 0 Å². The minimum Gasteiger partial charge on any atom is -0.475 e. The maximum absolute atomic E-state index is 11.1. The highest BCUT2D eigenvalue weighted by Gasteiger charge is 2.27. The van der Waals surface area contributed by atoms with Crippen LogP contribution in [-0.2, 0) is 24.1 Å². The van der Waals surface area contributed by atoms with Crippen LogP contribution in [0, 0.1) is 0 Å². The van der Waals surface area contributed by atoms with Crippen molar-refractivity contribution in [2.75, 3.05) is 12.9 Å². The van der Waals surface area contributed by atoms with Crippen molar-refractivity contribution < 1.29 is 22.7 Å². The van der Waals surface area contributed by atoms with Crippen molar-refractivity contribution in [2.24, 2.45) is 0 Å². The number of rotatable bonds is 3. The van der Waals surface area contributed by atoms with Crippen LogP contribution < -0.4 is 0 Å². The molecule has 5 nitrogen and oxygen atoms in total. The van der Waals surface area contributed by atoms with Gasteiger partial charge in [0.15, 0.2) is 9.84 Å². The van der Waals surface area contributed by atoms with Crippen molar-refractivity contribution >= 4 is 15.8 Å². The zero-order chi connectivity index (χ0) is 10.8. The van der Waals surface area contributed by atoms with Crippen LogP contribution in [0.3, 0.4) is 0 Å². The predicted octanol–water partition coefficient (Wildman–Crippen LogP) is 0.224. The van der Waals surface area contributed by atoms with Crippen molar-refractivity contribution in [3.05, 3.63) is 11.8 Å². The molecule has 6 heteroatoms. The number of carbonyl (C=O) groups is 1. The van der Waals surface area contributed by atoms with Gasteiger partial charge in [-0.05, 0) is 6.08 Å². The van der Waals surface area contributed by atoms with E-state index in [0.717, 1.165) is 6.26 Å². The van der Waals surface area contributed by atoms with Crippen LogP contribution in [0.1, 0.15) is 13.3 Å². The zero-order valence-corrected chi connectivity index (χ0v) is 8.83. The summed E-state index contributed by atoms with van der Waals surface area (Å²) in [5, 5.41) is 0. The first-order chi connectivity index (χ1) is 6.39. The monoisotopic (exact) mass is 220 g/mol. The summed E-state index contributed by atoms with van der Waals surface area (Å²) in [5.41, 5.74) is -0.826. The Morgan fingerprint density at radius 3 is 2.79 bits per heavy atom. The third-order valence-electron chi connectivity index (χ3n) is 1.72. The lowest BCUT2D eigenvalue weighted by atomic mass is 10.4. The fourth-order valence-corrected chi connectivity index (χ4v) is 1.76. The molecule has 1 rings (SSSR count). The van der Waals surface area contributed by atoms with Gasteiger partial charge in [-0.15, -0.1) is 0 Å². The zero-order valence-electron chi connectivity index (χ0n) is 8.02. The standard InChI is InChI=1S/C8H12O5S/c1-6(9)12-5-7-3-4-8(13-7)14(2,10)11/h3,8H,4-5H2,1-2H3. The second-order valence-electron chi connectivity index (χ2n) is 3.06. The van der Waals surface area contributed by atoms with Gasteiger partial charge in [-0.3, -0.25) is 4.79 Å². The van der Waals surface area contributed by atoms with Gasteiger partial charge in [-0.1, -0.05) is 0 Å². The predicted molar refractivity (Wildman–Crippen MR) is 49.0 cm³/mol. The smallest absolute Gasteiger partial charge is 0.303 e. The summed E-state index contributed by atoms with van der Waals surface area (Å²) < 4.78 is 31.8. The van der Waals surface area contributed by atoms with Crippen LogP contribution in [0.15, 0.2) is 11.8 Å². The Labute approximate surface area is 82.6 Å². The van der Waals surface area contributed by atoms with Gasteiger partial charge in [-0.2, -0.15) is 0 Å². The highest BCUT2D eigenvalue weighted by atomic mass is 32.2. The molecule has 0 N–H and O–H groups in total. The van der Waals surface area contributed by atoms with Gasteiger partial charge in [0.2, 0.25) is 5.44 Å². The first kappa shape index (κ1) is 11.0. The minimum atomic E-state index is -3.19. The third-order valence-corrected chi connectivity index (χ3v) is 2.96. The molecule has 1 unspecified atom stereocenters. The van der Waals surface area contributed by atoms with Gasteiger partial charge >= 0.3 is 5.97 Å². The molecule has 0 fully saturated rings. The van der Waals surface area contributed by atoms with Gasteiger partial charge in [-0.25, -0.2) is 8.42 Å². The molecule has 0 aromatic rings. The quantitative estimate of drug-likeness (QED) is 0.636. The summed E-state index contributed by atoms with van der Waals surface area (Å²) in [6, 6.07) is 0. The van der Waals surface area contributed by atoms with Crippen LogP contribution in [0.4, 0.5) is 0 Å². The van der Waals surface area contributed by atoms with Gasteiger partial charge in [0, 0.05) is 19.6 Å². The van der Waals surface area contributed by atoms with Crippen LogP contribution >= 0.6 is 0 Å². The summed E-state index contributed by atoms with van der Waals surface area (Å²) in [7, 11) is -3.19. The molecule has 0 aliphatic carbocycles. The summed E-state index contributed by atoms with van der Waals surface area (Å²) in [6.07, 6.45) is 3.05. The first-order valence-corrected chi connectivity index (χ1v) is 6.03. The second kappa shape index (κ2) is 4.00. The van der Waals surface area contributed by atoms with E-state index < -0.39 is 21.2 Å². The van der Waals surface area contributed by atoms with E-state index in [2.05, 4.69) is 4.74 Å². The lowest BCUT2D eigenvalue weighted by Crippen LogP contribution is -2.19. The van der Waals surface area contributed by atoms with E-state index in [0.29, 0.717) is 12.2 Å². The average molecular weight is 220 g/mol. The molecule has 0 aromatic heterocycles. The molecule has 1 heterocycles. The molecule has 1 aliphatic heterocycles. The molecule has 0 bridgehead atoms. The number of carbonyl (C=O) groups excluding carboxylic acids is 1. The van der Waals surface area contributed by atoms with Crippen molar-refractivity contribution in [3.8, 4) is 0 Å². The Bertz CT molecular complexity index is 354. The Hall–Kier alpha value is -1.04. The van der Waals surface area contributed by atoms with E-state index >= 15 is 0 Å². The lowest BCUT2D eigenvalue weighted by molar-refractivity contribution is -0.140. The van der Waals surface area contributed by atoms with Gasteiger partial charge in [0.25, 0.3) is 0 Å². The molecule has 1 atom stereocenters. The normalized spacial score (nSPS) is 21.3. The number of sulfone groups is 1. The lowest BCUT2D eigenvalue weighted by Gasteiger charge is -2.10. The fraction of sp³-hybridized carbons (Fsp3) is 0.625. The maximum atomic E-state index is 11.1. The molecule has 1 aliphatic rings. The molecule has 0 amide bonds. The number of hydrogen-bond donors (Lipinski definition) is 0. The number of ether oxygens (including phenoxy) is 2. The van der Waals surface area contributed by atoms with Gasteiger partial charge < -0.3 is 9.47 Å². The van der Waals surface area contributed by atoms with Crippen LogP contribution in [0.2, 0.25) is 0 Å². The molecule has 0 spiro atoms. The first-order valence-electron chi connectivity index (χ1n) is 4.07. The van der Waals surface area contributed by atoms with Crippen LogP contribution in [0.25, 0.3) is 0 Å². The summed E-state index contributed by atoms with van der Waals surface area (Å²) in [6.45, 7) is 1.28. The van der Waals surface area contributed by atoms with Crippen molar-refractivity contribution in [1.82, 2.24) is 0 Å². The van der Waals surface area contributed by atoms with Crippen molar-refractivity contribution in [1.29, 1.82) is 0 Å². The molecular weight excluding hydrogens is 208 g/mol. The average Bonchev–Trinajstić information content (AvgIpc) is 2.47. The van der Waals surface area contributed by atoms with E-state index in [1.165, 1.54) is 6.92 Å². The highest BCUT2D eigenvalue weighted by molar-refractivity contribution is 7.91. The van der Waals surface area contributed by atoms with E-state index in [1.807, 2.05) is 0 Å². The Balaban J connectivity index is 2.44. The van der Waals surface area contributed by atoms with Crippen LogP contribution in [-0.4, -0.2) is 32.7 Å². The number of esters is 1. The molecular formula is C8H12O5S. The van der Waals surface area contributed by atoms with E-state index in [1.54, 1.807) is 6.08 Å². The molecule has 80 valence electrons. The Kier molecular flexibility index (Phi) is 3.15. The summed E-state index contributed by atoms with van der Waals surface area (Å²) in [5.74, 6) is -0.0204. The third kappa shape index (κ3) is 3.02. The molecule has 0 saturated carbocycles. The van der Waals surface area contributed by atoms with E-state index in [9.17, 15) is 13.2 Å². The highest BCUT2D eigenvalue weighted by Crippen LogP contribution is 2.20. The number of hydrogen-bond acceptors (Lipinski definition) is 5. The topological polar surface area (TPSA) is 69.7 Å².